The van der Waals surface area contributed by atoms with Crippen LogP contribution in [0.15, 0.2) is 103 Å². The minimum atomic E-state index is -1.64. The van der Waals surface area contributed by atoms with Crippen molar-refractivity contribution < 1.29 is 32.7 Å². The van der Waals surface area contributed by atoms with Crippen molar-refractivity contribution in [3.8, 4) is 33.5 Å². The Balaban J connectivity index is 0.000000332. The molecule has 1 heterocycles. The van der Waals surface area contributed by atoms with E-state index in [9.17, 15) is 9.90 Å². The zero-order chi connectivity index (χ0) is 35.2. The molecule has 5 aromatic rings. The molecule has 4 aromatic carbocycles. The Bertz CT molecular complexity index is 2040. The van der Waals surface area contributed by atoms with E-state index in [-0.39, 0.29) is 31.3 Å². The summed E-state index contributed by atoms with van der Waals surface area (Å²) in [6.07, 6.45) is 0.958. The number of aliphatic hydroxyl groups is 1. The Labute approximate surface area is 298 Å². The molecular weight excluding hydrogens is 771 g/mol. The molecule has 0 unspecified atom stereocenters. The molecule has 0 saturated carbocycles. The minimum absolute atomic E-state index is 0. The van der Waals surface area contributed by atoms with E-state index in [4.69, 9.17) is 7.73 Å². The third kappa shape index (κ3) is 7.43. The van der Waals surface area contributed by atoms with Crippen LogP contribution >= 0.6 is 0 Å². The standard InChI is InChI=1S/C33H30NSi.C9H16O2.Ir/c1-33(2)28-17-10-9-14-24(28)25-15-11-16-27(32(25)33)30-21-31(35(3,4)5)26-19-18-23(20-29(26)34-30)22-12-7-6-8-13-22;1-6(2)8(10)5-9(11)7(3)4;/h6-15,17-21H,1-5H3;5-7,10H,1-4H3;/q-1;;/b;8-5-;/i;6D,7D;. The van der Waals surface area contributed by atoms with Crippen LogP contribution < -0.4 is 5.19 Å². The smallest absolute Gasteiger partial charge is 0.161 e. The van der Waals surface area contributed by atoms with Crippen LogP contribution in [-0.4, -0.2) is 23.9 Å². The molecule has 0 fully saturated rings. The van der Waals surface area contributed by atoms with Crippen molar-refractivity contribution in [2.75, 3.05) is 0 Å². The number of fused-ring (bicyclic) bond motifs is 4. The molecule has 6 rings (SSSR count). The number of allylic oxidation sites excluding steroid dienone is 2. The van der Waals surface area contributed by atoms with Gasteiger partial charge in [0.15, 0.2) is 5.78 Å². The molecule has 1 aromatic heterocycles. The van der Waals surface area contributed by atoms with Gasteiger partial charge in [0.1, 0.15) is 0 Å². The minimum Gasteiger partial charge on any atom is -0.512 e. The Morgan fingerprint density at radius 2 is 1.53 bits per heavy atom. The van der Waals surface area contributed by atoms with E-state index in [0.717, 1.165) is 22.9 Å². The molecule has 47 heavy (non-hydrogen) atoms. The van der Waals surface area contributed by atoms with Crippen molar-refractivity contribution in [3.63, 3.8) is 0 Å². The Morgan fingerprint density at radius 1 is 0.872 bits per heavy atom. The second kappa shape index (κ2) is 14.2. The predicted octanol–water partition coefficient (Wildman–Crippen LogP) is 10.5. The molecule has 0 atom stereocenters. The largest absolute Gasteiger partial charge is 0.512 e. The number of nitrogens with zero attached hydrogens (tertiary/aromatic N) is 1. The van der Waals surface area contributed by atoms with Crippen LogP contribution in [0.4, 0.5) is 0 Å². The molecular formula is C42H46IrNO2Si-. The van der Waals surface area contributed by atoms with Crippen LogP contribution in [0, 0.1) is 17.9 Å². The van der Waals surface area contributed by atoms with Crippen LogP contribution in [0.1, 0.15) is 55.4 Å². The number of carbonyl (C=O) groups excluding carboxylic acids is 1. The van der Waals surface area contributed by atoms with E-state index in [1.165, 1.54) is 71.6 Å². The van der Waals surface area contributed by atoms with Crippen molar-refractivity contribution >= 4 is 29.9 Å². The summed E-state index contributed by atoms with van der Waals surface area (Å²) in [7, 11) is -1.64. The van der Waals surface area contributed by atoms with Gasteiger partial charge in [-0.25, -0.2) is 0 Å². The van der Waals surface area contributed by atoms with E-state index in [1.807, 2.05) is 0 Å². The summed E-state index contributed by atoms with van der Waals surface area (Å²) in [5.74, 6) is -3.23. The molecule has 1 aliphatic carbocycles. The SMILES string of the molecule is CC1(C)c2ccccc2-c2cc[c-]c(-c3cc([Si](C)(C)C)c4ccc(-c5ccccc5)cc4n3)c21.[2H]C(C)(C)C(=O)/C=C(\O)C([2H])(C)C.[Ir]. The van der Waals surface area contributed by atoms with Gasteiger partial charge in [0.2, 0.25) is 0 Å². The van der Waals surface area contributed by atoms with E-state index < -0.39 is 25.6 Å². The van der Waals surface area contributed by atoms with Gasteiger partial charge in [0.05, 0.1) is 19.3 Å². The summed E-state index contributed by atoms with van der Waals surface area (Å²) >= 11 is 0. The Kier molecular flexibility index (Phi) is 10.1. The van der Waals surface area contributed by atoms with Crippen LogP contribution in [0.2, 0.25) is 19.6 Å². The van der Waals surface area contributed by atoms with Gasteiger partial charge in [0.25, 0.3) is 0 Å². The number of carbonyl (C=O) groups is 1. The van der Waals surface area contributed by atoms with Crippen LogP contribution in [0.25, 0.3) is 44.4 Å². The van der Waals surface area contributed by atoms with E-state index in [1.54, 1.807) is 0 Å². The summed E-state index contributed by atoms with van der Waals surface area (Å²) in [6, 6.07) is 36.5. The Hall–Kier alpha value is -3.63. The van der Waals surface area contributed by atoms with Crippen LogP contribution in [0.3, 0.4) is 0 Å². The number of ketones is 1. The molecule has 0 saturated heterocycles. The normalized spacial score (nSPS) is 14.5. The molecule has 1 aliphatic rings. The fourth-order valence-corrected chi connectivity index (χ4v) is 7.76. The molecule has 5 heteroatoms. The summed E-state index contributed by atoms with van der Waals surface area (Å²) < 4.78 is 14.8. The molecule has 0 aliphatic heterocycles. The fourth-order valence-electron chi connectivity index (χ4n) is 6.17. The molecule has 0 amide bonds. The number of benzene rings is 4. The summed E-state index contributed by atoms with van der Waals surface area (Å²) in [4.78, 5) is 16.5. The molecule has 1 radical (unpaired) electrons. The molecule has 1 N–H and O–H groups in total. The topological polar surface area (TPSA) is 50.2 Å². The zero-order valence-electron chi connectivity index (χ0n) is 30.9. The monoisotopic (exact) mass is 819 g/mol. The number of aliphatic hydroxyl groups excluding tert-OH is 1. The van der Waals surface area contributed by atoms with E-state index >= 15 is 0 Å². The third-order valence-corrected chi connectivity index (χ3v) is 10.8. The van der Waals surface area contributed by atoms with E-state index in [2.05, 4.69) is 131 Å². The molecule has 245 valence electrons. The quantitative estimate of drug-likeness (QED) is 0.0804. The van der Waals surface area contributed by atoms with Gasteiger partial charge < -0.3 is 5.11 Å². The predicted molar refractivity (Wildman–Crippen MR) is 197 cm³/mol. The first-order chi connectivity index (χ1) is 22.3. The number of aromatic nitrogens is 1. The maximum Gasteiger partial charge on any atom is 0.161 e. The van der Waals surface area contributed by atoms with Crippen LogP contribution in [-0.2, 0) is 30.3 Å². The third-order valence-electron chi connectivity index (χ3n) is 8.77. The van der Waals surface area contributed by atoms with Gasteiger partial charge in [-0.1, -0.05) is 145 Å². The average Bonchev–Trinajstić information content (AvgIpc) is 3.26. The molecule has 0 bridgehead atoms. The summed E-state index contributed by atoms with van der Waals surface area (Å²) in [5.41, 5.74) is 10.9. The van der Waals surface area contributed by atoms with Crippen LogP contribution in [0.5, 0.6) is 0 Å². The first-order valence-electron chi connectivity index (χ1n) is 16.9. The summed E-state index contributed by atoms with van der Waals surface area (Å²) in [6.45, 7) is 17.8. The number of rotatable bonds is 6. The van der Waals surface area contributed by atoms with Gasteiger partial charge in [-0.15, -0.1) is 29.3 Å². The number of pyridine rings is 1. The number of hydrogen-bond donors (Lipinski definition) is 1. The Morgan fingerprint density at radius 3 is 2.17 bits per heavy atom. The van der Waals surface area contributed by atoms with Crippen molar-refractivity contribution in [3.05, 3.63) is 120 Å². The van der Waals surface area contributed by atoms with E-state index in [0.29, 0.717) is 0 Å². The van der Waals surface area contributed by atoms with Crippen molar-refractivity contribution in [1.29, 1.82) is 0 Å². The van der Waals surface area contributed by atoms with Crippen molar-refractivity contribution in [2.24, 2.45) is 11.8 Å². The average molecular weight is 819 g/mol. The zero-order valence-corrected chi connectivity index (χ0v) is 32.3. The number of hydrogen-bond acceptors (Lipinski definition) is 3. The van der Waals surface area contributed by atoms with Gasteiger partial charge in [-0.3, -0.25) is 9.78 Å². The second-order valence-electron chi connectivity index (χ2n) is 14.1. The fraction of sp³-hybridized carbons (Fsp3) is 0.286. The van der Waals surface area contributed by atoms with Gasteiger partial charge in [-0.2, -0.15) is 0 Å². The molecule has 0 spiro atoms. The summed E-state index contributed by atoms with van der Waals surface area (Å²) in [5, 5.41) is 12.0. The second-order valence-corrected chi connectivity index (χ2v) is 19.1. The van der Waals surface area contributed by atoms with Gasteiger partial charge >= 0.3 is 0 Å². The first kappa shape index (κ1) is 33.3. The molecule has 3 nitrogen and oxygen atoms in total. The van der Waals surface area contributed by atoms with Gasteiger partial charge in [0, 0.05) is 40.7 Å². The van der Waals surface area contributed by atoms with Gasteiger partial charge in [-0.05, 0) is 44.8 Å². The maximum absolute atomic E-state index is 11.2. The van der Waals surface area contributed by atoms with Crippen molar-refractivity contribution in [1.82, 2.24) is 4.98 Å². The maximum atomic E-state index is 11.2. The first-order valence-corrected chi connectivity index (χ1v) is 19.4. The van der Waals surface area contributed by atoms with Crippen molar-refractivity contribution in [2.45, 2.75) is 66.6 Å².